The topological polar surface area (TPSA) is 4.93 Å². The first-order valence-electron chi connectivity index (χ1n) is 8.22. The van der Waals surface area contributed by atoms with Crippen molar-refractivity contribution in [2.45, 2.75) is 77.6 Å². The molecule has 0 saturated carbocycles. The Morgan fingerprint density at radius 2 is 1.26 bits per heavy atom. The molecule has 0 N–H and O–H groups in total. The lowest BCUT2D eigenvalue weighted by molar-refractivity contribution is 0.558. The maximum atomic E-state index is 2.28. The summed E-state index contributed by atoms with van der Waals surface area (Å²) >= 11 is 0. The molecule has 0 unspecified atom stereocenters. The highest BCUT2D eigenvalue weighted by Crippen LogP contribution is 2.11. The van der Waals surface area contributed by atoms with Crippen LogP contribution in [0.2, 0.25) is 0 Å². The number of allylic oxidation sites excluding steroid dienone is 1. The van der Waals surface area contributed by atoms with E-state index in [1.165, 1.54) is 70.6 Å². The zero-order valence-electron chi connectivity index (χ0n) is 12.7. The van der Waals surface area contributed by atoms with Gasteiger partial charge in [0.15, 0.2) is 0 Å². The van der Waals surface area contributed by atoms with E-state index in [-0.39, 0.29) is 0 Å². The third-order valence-electron chi connectivity index (χ3n) is 3.63. The number of unbranched alkanes of at least 4 members (excludes halogenated alkanes) is 10. The number of nitrogens with zero attached hydrogens (tertiary/aromatic N) is 1. The van der Waals surface area contributed by atoms with E-state index in [2.05, 4.69) is 48.3 Å². The molecule has 0 amide bonds. The van der Waals surface area contributed by atoms with Crippen LogP contribution in [0.25, 0.3) is 6.20 Å². The third-order valence-corrected chi connectivity index (χ3v) is 3.63. The largest absolute Gasteiger partial charge is 0.331 e. The van der Waals surface area contributed by atoms with E-state index in [0.717, 1.165) is 0 Å². The molecule has 0 aliphatic heterocycles. The first kappa shape index (κ1) is 16.1. The Balaban J connectivity index is 1.79. The standard InChI is InChI=1S/C18H31N/c1-2-3-4-5-6-7-8-9-10-11-12-13-16-19-17-14-15-18-19/h13-18H,2-12H2,1H3. The van der Waals surface area contributed by atoms with Gasteiger partial charge in [-0.1, -0.05) is 70.8 Å². The van der Waals surface area contributed by atoms with E-state index in [1.807, 2.05) is 0 Å². The molecule has 1 rings (SSSR count). The lowest BCUT2D eigenvalue weighted by atomic mass is 10.1. The van der Waals surface area contributed by atoms with E-state index < -0.39 is 0 Å². The van der Waals surface area contributed by atoms with Crippen LogP contribution in [0, 0.1) is 0 Å². The molecule has 0 saturated heterocycles. The van der Waals surface area contributed by atoms with Crippen LogP contribution < -0.4 is 0 Å². The van der Waals surface area contributed by atoms with Crippen LogP contribution in [0.3, 0.4) is 0 Å². The van der Waals surface area contributed by atoms with Crippen LogP contribution in [0.4, 0.5) is 0 Å². The summed E-state index contributed by atoms with van der Waals surface area (Å²) in [5.41, 5.74) is 0. The highest BCUT2D eigenvalue weighted by molar-refractivity contribution is 5.22. The Bertz CT molecular complexity index is 298. The van der Waals surface area contributed by atoms with Crippen molar-refractivity contribution >= 4 is 6.20 Å². The van der Waals surface area contributed by atoms with Gasteiger partial charge in [-0.2, -0.15) is 0 Å². The SMILES string of the molecule is CCCCCCCCCCCCC=Cn1cccc1. The Hall–Kier alpha value is -0.980. The molecule has 0 aromatic carbocycles. The molecule has 19 heavy (non-hydrogen) atoms. The predicted octanol–water partition coefficient (Wildman–Crippen LogP) is 6.27. The van der Waals surface area contributed by atoms with Gasteiger partial charge in [0, 0.05) is 18.6 Å². The second-order valence-electron chi connectivity index (χ2n) is 5.49. The Morgan fingerprint density at radius 1 is 0.737 bits per heavy atom. The minimum atomic E-state index is 1.22. The van der Waals surface area contributed by atoms with Gasteiger partial charge in [-0.25, -0.2) is 0 Å². The minimum absolute atomic E-state index is 1.22. The Labute approximate surface area is 119 Å². The molecule has 1 heteroatoms. The van der Waals surface area contributed by atoms with Crippen LogP contribution in [-0.4, -0.2) is 4.57 Å². The Kier molecular flexibility index (Phi) is 10.2. The van der Waals surface area contributed by atoms with Gasteiger partial charge in [-0.3, -0.25) is 0 Å². The first-order chi connectivity index (χ1) is 9.43. The van der Waals surface area contributed by atoms with E-state index in [1.54, 1.807) is 0 Å². The van der Waals surface area contributed by atoms with Crippen LogP contribution >= 0.6 is 0 Å². The number of aromatic nitrogens is 1. The van der Waals surface area contributed by atoms with E-state index in [4.69, 9.17) is 0 Å². The van der Waals surface area contributed by atoms with Gasteiger partial charge in [-0.15, -0.1) is 0 Å². The van der Waals surface area contributed by atoms with Crippen molar-refractivity contribution < 1.29 is 0 Å². The monoisotopic (exact) mass is 261 g/mol. The zero-order valence-corrected chi connectivity index (χ0v) is 12.7. The molecule has 0 spiro atoms. The molecular weight excluding hydrogens is 230 g/mol. The number of rotatable bonds is 12. The van der Waals surface area contributed by atoms with Gasteiger partial charge in [0.05, 0.1) is 0 Å². The van der Waals surface area contributed by atoms with Crippen molar-refractivity contribution in [1.29, 1.82) is 0 Å². The van der Waals surface area contributed by atoms with Gasteiger partial charge < -0.3 is 4.57 Å². The second-order valence-corrected chi connectivity index (χ2v) is 5.49. The smallest absolute Gasteiger partial charge is 0.00823 e. The summed E-state index contributed by atoms with van der Waals surface area (Å²) in [5, 5.41) is 0. The number of hydrogen-bond acceptors (Lipinski definition) is 0. The van der Waals surface area contributed by atoms with Gasteiger partial charge in [0.1, 0.15) is 0 Å². The quantitative estimate of drug-likeness (QED) is 0.391. The second kappa shape index (κ2) is 12.1. The van der Waals surface area contributed by atoms with Crippen molar-refractivity contribution in [1.82, 2.24) is 4.57 Å². The Morgan fingerprint density at radius 3 is 1.84 bits per heavy atom. The van der Waals surface area contributed by atoms with Crippen molar-refractivity contribution in [2.75, 3.05) is 0 Å². The molecule has 0 atom stereocenters. The van der Waals surface area contributed by atoms with Gasteiger partial charge >= 0.3 is 0 Å². The molecule has 1 nitrogen and oxygen atoms in total. The van der Waals surface area contributed by atoms with Crippen molar-refractivity contribution in [3.8, 4) is 0 Å². The fourth-order valence-corrected chi connectivity index (χ4v) is 2.39. The van der Waals surface area contributed by atoms with Crippen LogP contribution in [0.1, 0.15) is 77.6 Å². The summed E-state index contributed by atoms with van der Waals surface area (Å²) in [6.07, 6.45) is 24.0. The fourth-order valence-electron chi connectivity index (χ4n) is 2.39. The first-order valence-corrected chi connectivity index (χ1v) is 8.22. The van der Waals surface area contributed by atoms with Gasteiger partial charge in [0.25, 0.3) is 0 Å². The molecule has 1 aromatic rings. The molecule has 0 bridgehead atoms. The highest BCUT2D eigenvalue weighted by Gasteiger charge is 1.91. The summed E-state index contributed by atoms with van der Waals surface area (Å²) in [7, 11) is 0. The lowest BCUT2D eigenvalue weighted by Gasteiger charge is -2.01. The molecule has 108 valence electrons. The maximum Gasteiger partial charge on any atom is 0.00823 e. The molecular formula is C18H31N. The zero-order chi connectivity index (χ0) is 13.6. The normalized spacial score (nSPS) is 11.4. The highest BCUT2D eigenvalue weighted by atomic mass is 14.9. The predicted molar refractivity (Wildman–Crippen MR) is 86.2 cm³/mol. The van der Waals surface area contributed by atoms with Gasteiger partial charge in [0.2, 0.25) is 0 Å². The van der Waals surface area contributed by atoms with E-state index in [0.29, 0.717) is 0 Å². The minimum Gasteiger partial charge on any atom is -0.331 e. The average molecular weight is 261 g/mol. The van der Waals surface area contributed by atoms with Gasteiger partial charge in [-0.05, 0) is 25.0 Å². The van der Waals surface area contributed by atoms with Crippen LogP contribution in [0.5, 0.6) is 0 Å². The van der Waals surface area contributed by atoms with Crippen molar-refractivity contribution in [3.05, 3.63) is 30.6 Å². The summed E-state index contributed by atoms with van der Waals surface area (Å²) in [6.45, 7) is 2.28. The van der Waals surface area contributed by atoms with Crippen LogP contribution in [0.15, 0.2) is 30.6 Å². The van der Waals surface area contributed by atoms with Crippen LogP contribution in [-0.2, 0) is 0 Å². The van der Waals surface area contributed by atoms with Crippen molar-refractivity contribution in [2.24, 2.45) is 0 Å². The van der Waals surface area contributed by atoms with E-state index in [9.17, 15) is 0 Å². The number of hydrogen-bond donors (Lipinski definition) is 0. The maximum absolute atomic E-state index is 2.28. The summed E-state index contributed by atoms with van der Waals surface area (Å²) in [6, 6.07) is 4.12. The summed E-state index contributed by atoms with van der Waals surface area (Å²) in [4.78, 5) is 0. The molecule has 0 aliphatic carbocycles. The third kappa shape index (κ3) is 9.58. The fraction of sp³-hybridized carbons (Fsp3) is 0.667. The van der Waals surface area contributed by atoms with E-state index >= 15 is 0 Å². The molecule has 1 heterocycles. The lowest BCUT2D eigenvalue weighted by Crippen LogP contribution is -1.82. The molecule has 1 aromatic heterocycles. The van der Waals surface area contributed by atoms with Crippen molar-refractivity contribution in [3.63, 3.8) is 0 Å². The molecule has 0 aliphatic rings. The summed E-state index contributed by atoms with van der Waals surface area (Å²) in [5.74, 6) is 0. The molecule has 0 fully saturated rings. The average Bonchev–Trinajstić information content (AvgIpc) is 2.93. The summed E-state index contributed by atoms with van der Waals surface area (Å²) < 4.78 is 2.11. The molecule has 0 radical (unpaired) electrons.